The molecular weight excluding hydrogens is 320 g/mol. The van der Waals surface area contributed by atoms with Crippen LogP contribution in [0.3, 0.4) is 0 Å². The molecule has 0 bridgehead atoms. The second-order valence-corrected chi connectivity index (χ2v) is 7.98. The molecule has 2 heterocycles. The average Bonchev–Trinajstić information content (AvgIpc) is 3.15. The molecule has 2 fully saturated rings. The van der Waals surface area contributed by atoms with Gasteiger partial charge in [0.1, 0.15) is 5.75 Å². The Kier molecular flexibility index (Phi) is 6.44. The molecule has 0 aliphatic carbocycles. The molecule has 2 aliphatic heterocycles. The minimum atomic E-state index is 0.109. The second kappa shape index (κ2) is 8.77. The van der Waals surface area contributed by atoms with Crippen LogP contribution in [0.1, 0.15) is 24.8 Å². The first kappa shape index (κ1) is 17.6. The lowest BCUT2D eigenvalue weighted by Gasteiger charge is -2.35. The van der Waals surface area contributed by atoms with Crippen LogP contribution in [-0.2, 0) is 11.2 Å². The summed E-state index contributed by atoms with van der Waals surface area (Å²) < 4.78 is 5.21. The van der Waals surface area contributed by atoms with Crippen LogP contribution in [0.25, 0.3) is 0 Å². The lowest BCUT2D eigenvalue weighted by molar-refractivity contribution is -0.120. The molecule has 5 heteroatoms. The largest absolute Gasteiger partial charge is 0.497 e. The Morgan fingerprint density at radius 3 is 2.88 bits per heavy atom. The summed E-state index contributed by atoms with van der Waals surface area (Å²) in [6, 6.07) is 8.53. The highest BCUT2D eigenvalue weighted by atomic mass is 32.2. The van der Waals surface area contributed by atoms with Gasteiger partial charge in [0.15, 0.2) is 0 Å². The quantitative estimate of drug-likeness (QED) is 0.858. The Bertz CT molecular complexity index is 538. The van der Waals surface area contributed by atoms with E-state index in [4.69, 9.17) is 4.74 Å². The van der Waals surface area contributed by atoms with Crippen molar-refractivity contribution in [2.75, 3.05) is 38.2 Å². The first-order valence-corrected chi connectivity index (χ1v) is 10.1. The molecular formula is C19H28N2O2S. The van der Waals surface area contributed by atoms with Gasteiger partial charge in [0.05, 0.1) is 13.5 Å². The maximum atomic E-state index is 12.2. The molecule has 132 valence electrons. The van der Waals surface area contributed by atoms with Gasteiger partial charge in [0, 0.05) is 18.3 Å². The summed E-state index contributed by atoms with van der Waals surface area (Å²) in [5.74, 6) is 4.17. The van der Waals surface area contributed by atoms with Crippen molar-refractivity contribution < 1.29 is 9.53 Å². The van der Waals surface area contributed by atoms with Gasteiger partial charge in [-0.2, -0.15) is 11.8 Å². The zero-order valence-corrected chi connectivity index (χ0v) is 15.3. The fourth-order valence-corrected chi connectivity index (χ4v) is 4.88. The van der Waals surface area contributed by atoms with Crippen LogP contribution in [-0.4, -0.2) is 55.1 Å². The molecule has 0 spiro atoms. The molecule has 1 aromatic carbocycles. The maximum Gasteiger partial charge on any atom is 0.224 e. The van der Waals surface area contributed by atoms with Crippen LogP contribution >= 0.6 is 11.8 Å². The summed E-state index contributed by atoms with van der Waals surface area (Å²) in [5.41, 5.74) is 1.00. The lowest BCUT2D eigenvalue weighted by Crippen LogP contribution is -2.43. The van der Waals surface area contributed by atoms with E-state index in [0.29, 0.717) is 12.3 Å². The van der Waals surface area contributed by atoms with Crippen molar-refractivity contribution in [3.63, 3.8) is 0 Å². The van der Waals surface area contributed by atoms with Gasteiger partial charge in [-0.05, 0) is 61.7 Å². The number of thioether (sulfide) groups is 1. The highest BCUT2D eigenvalue weighted by Crippen LogP contribution is 2.26. The fourth-order valence-electron chi connectivity index (χ4n) is 3.62. The summed E-state index contributed by atoms with van der Waals surface area (Å²) in [5, 5.41) is 3.12. The smallest absolute Gasteiger partial charge is 0.224 e. The van der Waals surface area contributed by atoms with Crippen LogP contribution < -0.4 is 10.1 Å². The number of methoxy groups -OCH3 is 1. The van der Waals surface area contributed by atoms with Crippen molar-refractivity contribution in [3.8, 4) is 5.75 Å². The molecule has 1 aromatic rings. The summed E-state index contributed by atoms with van der Waals surface area (Å²) in [6.07, 6.45) is 4.20. The minimum absolute atomic E-state index is 0.109. The van der Waals surface area contributed by atoms with Crippen molar-refractivity contribution in [2.24, 2.45) is 5.92 Å². The van der Waals surface area contributed by atoms with E-state index >= 15 is 0 Å². The Morgan fingerprint density at radius 1 is 1.33 bits per heavy atom. The number of nitrogens with one attached hydrogen (secondary N) is 1. The molecule has 0 saturated carbocycles. The van der Waals surface area contributed by atoms with Crippen molar-refractivity contribution >= 4 is 17.7 Å². The molecule has 0 unspecified atom stereocenters. The third kappa shape index (κ3) is 4.90. The number of likely N-dealkylation sites (tertiary alicyclic amines) is 1. The van der Waals surface area contributed by atoms with Gasteiger partial charge in [0.25, 0.3) is 0 Å². The van der Waals surface area contributed by atoms with Crippen LogP contribution in [0.2, 0.25) is 0 Å². The van der Waals surface area contributed by atoms with Gasteiger partial charge in [-0.15, -0.1) is 0 Å². The van der Waals surface area contributed by atoms with Gasteiger partial charge in [0.2, 0.25) is 5.91 Å². The van der Waals surface area contributed by atoms with Gasteiger partial charge in [-0.3, -0.25) is 9.69 Å². The molecule has 2 saturated heterocycles. The van der Waals surface area contributed by atoms with Crippen molar-refractivity contribution in [1.29, 1.82) is 0 Å². The van der Waals surface area contributed by atoms with E-state index < -0.39 is 0 Å². The number of amides is 1. The number of rotatable bonds is 6. The zero-order valence-electron chi connectivity index (χ0n) is 14.5. The number of hydrogen-bond donors (Lipinski definition) is 1. The van der Waals surface area contributed by atoms with Crippen molar-refractivity contribution in [3.05, 3.63) is 29.8 Å². The topological polar surface area (TPSA) is 41.6 Å². The van der Waals surface area contributed by atoms with Gasteiger partial charge < -0.3 is 10.1 Å². The monoisotopic (exact) mass is 348 g/mol. The van der Waals surface area contributed by atoms with E-state index in [1.54, 1.807) is 7.11 Å². The lowest BCUT2D eigenvalue weighted by atomic mass is 9.95. The summed E-state index contributed by atoms with van der Waals surface area (Å²) in [7, 11) is 1.65. The number of ether oxygens (including phenoxy) is 1. The average molecular weight is 349 g/mol. The number of piperidine rings is 1. The van der Waals surface area contributed by atoms with Crippen molar-refractivity contribution in [2.45, 2.75) is 31.7 Å². The number of hydrogen-bond acceptors (Lipinski definition) is 4. The highest BCUT2D eigenvalue weighted by molar-refractivity contribution is 7.99. The molecule has 4 nitrogen and oxygen atoms in total. The molecule has 0 aromatic heterocycles. The molecule has 3 rings (SSSR count). The highest BCUT2D eigenvalue weighted by Gasteiger charge is 2.27. The van der Waals surface area contributed by atoms with E-state index in [-0.39, 0.29) is 5.91 Å². The predicted molar refractivity (Wildman–Crippen MR) is 99.7 cm³/mol. The van der Waals surface area contributed by atoms with E-state index in [9.17, 15) is 4.79 Å². The maximum absolute atomic E-state index is 12.2. The van der Waals surface area contributed by atoms with Crippen LogP contribution in [0.5, 0.6) is 5.75 Å². The fraction of sp³-hybridized carbons (Fsp3) is 0.632. The van der Waals surface area contributed by atoms with E-state index in [2.05, 4.69) is 22.0 Å². The predicted octanol–water partition coefficient (Wildman–Crippen LogP) is 2.57. The van der Waals surface area contributed by atoms with Gasteiger partial charge in [-0.1, -0.05) is 12.1 Å². The molecule has 24 heavy (non-hydrogen) atoms. The Labute approximate surface area is 149 Å². The Balaban J connectivity index is 1.37. The molecule has 1 amide bonds. The minimum Gasteiger partial charge on any atom is -0.497 e. The molecule has 2 aliphatic rings. The zero-order chi connectivity index (χ0) is 16.8. The van der Waals surface area contributed by atoms with Crippen LogP contribution in [0.15, 0.2) is 24.3 Å². The summed E-state index contributed by atoms with van der Waals surface area (Å²) in [6.45, 7) is 3.21. The molecule has 0 radical (unpaired) electrons. The van der Waals surface area contributed by atoms with E-state index in [1.165, 1.54) is 43.9 Å². The third-order valence-corrected chi connectivity index (χ3v) is 6.30. The SMILES string of the molecule is COc1cccc(CC(=O)NCC2CCN([C@H]3CCSC3)CC2)c1. The summed E-state index contributed by atoms with van der Waals surface area (Å²) in [4.78, 5) is 14.8. The number of carbonyl (C=O) groups excluding carboxylic acids is 1. The number of benzene rings is 1. The second-order valence-electron chi connectivity index (χ2n) is 6.83. The van der Waals surface area contributed by atoms with Crippen LogP contribution in [0, 0.1) is 5.92 Å². The number of carbonyl (C=O) groups is 1. The van der Waals surface area contributed by atoms with E-state index in [1.807, 2.05) is 24.3 Å². The standard InChI is InChI=1S/C19H28N2O2S/c1-23-18-4-2-3-16(11-18)12-19(22)20-13-15-5-8-21(9-6-15)17-7-10-24-14-17/h2-4,11,15,17H,5-10,12-14H2,1H3,(H,20,22)/t17-/m0/s1. The summed E-state index contributed by atoms with van der Waals surface area (Å²) >= 11 is 2.09. The van der Waals surface area contributed by atoms with E-state index in [0.717, 1.165) is 23.9 Å². The first-order chi connectivity index (χ1) is 11.7. The van der Waals surface area contributed by atoms with Crippen molar-refractivity contribution in [1.82, 2.24) is 10.2 Å². The molecule has 1 atom stereocenters. The normalized spacial score (nSPS) is 22.5. The van der Waals surface area contributed by atoms with Crippen LogP contribution in [0.4, 0.5) is 0 Å². The van der Waals surface area contributed by atoms with Gasteiger partial charge >= 0.3 is 0 Å². The Morgan fingerprint density at radius 2 is 2.17 bits per heavy atom. The number of nitrogens with zero attached hydrogens (tertiary/aromatic N) is 1. The van der Waals surface area contributed by atoms with Gasteiger partial charge in [-0.25, -0.2) is 0 Å². The Hall–Kier alpha value is -1.20. The first-order valence-electron chi connectivity index (χ1n) is 8.96. The third-order valence-electron chi connectivity index (χ3n) is 5.16. The molecule has 1 N–H and O–H groups in total.